The first-order chi connectivity index (χ1) is 9.74. The van der Waals surface area contributed by atoms with E-state index in [9.17, 15) is 4.39 Å². The van der Waals surface area contributed by atoms with Gasteiger partial charge in [-0.25, -0.2) is 9.37 Å². The SMILES string of the molecule is Fc1cc(Br)ccc1-n1ccnc1NC1CCCCC1. The van der Waals surface area contributed by atoms with Gasteiger partial charge < -0.3 is 5.32 Å². The Morgan fingerprint density at radius 1 is 1.25 bits per heavy atom. The fourth-order valence-corrected chi connectivity index (χ4v) is 3.04. The minimum absolute atomic E-state index is 0.260. The zero-order valence-electron chi connectivity index (χ0n) is 11.1. The van der Waals surface area contributed by atoms with Crippen LogP contribution in [0.4, 0.5) is 10.3 Å². The largest absolute Gasteiger partial charge is 0.353 e. The van der Waals surface area contributed by atoms with E-state index in [1.807, 2.05) is 6.07 Å². The summed E-state index contributed by atoms with van der Waals surface area (Å²) < 4.78 is 16.6. The molecule has 0 bridgehead atoms. The number of nitrogens with one attached hydrogen (secondary N) is 1. The van der Waals surface area contributed by atoms with E-state index < -0.39 is 0 Å². The molecule has 0 amide bonds. The predicted octanol–water partition coefficient (Wildman–Crippen LogP) is 4.52. The van der Waals surface area contributed by atoms with Crippen LogP contribution < -0.4 is 5.32 Å². The lowest BCUT2D eigenvalue weighted by Gasteiger charge is -2.23. The zero-order valence-corrected chi connectivity index (χ0v) is 12.7. The lowest BCUT2D eigenvalue weighted by Crippen LogP contribution is -2.24. The maximum atomic E-state index is 14.1. The average molecular weight is 338 g/mol. The van der Waals surface area contributed by atoms with Crippen LogP contribution in [-0.2, 0) is 0 Å². The molecule has 0 saturated heterocycles. The zero-order chi connectivity index (χ0) is 13.9. The Morgan fingerprint density at radius 2 is 2.05 bits per heavy atom. The lowest BCUT2D eigenvalue weighted by atomic mass is 9.96. The van der Waals surface area contributed by atoms with Crippen LogP contribution in [0.15, 0.2) is 35.1 Å². The molecule has 2 aromatic rings. The van der Waals surface area contributed by atoms with Crippen LogP contribution >= 0.6 is 15.9 Å². The number of imidazole rings is 1. The molecule has 1 heterocycles. The van der Waals surface area contributed by atoms with E-state index in [2.05, 4.69) is 26.2 Å². The van der Waals surface area contributed by atoms with Crippen molar-refractivity contribution in [1.29, 1.82) is 0 Å². The molecule has 5 heteroatoms. The van der Waals surface area contributed by atoms with Gasteiger partial charge in [0.15, 0.2) is 0 Å². The fourth-order valence-electron chi connectivity index (χ4n) is 2.71. The average Bonchev–Trinajstić information content (AvgIpc) is 2.88. The molecule has 0 atom stereocenters. The normalized spacial score (nSPS) is 16.3. The van der Waals surface area contributed by atoms with Gasteiger partial charge in [0, 0.05) is 22.9 Å². The molecule has 3 nitrogen and oxygen atoms in total. The van der Waals surface area contributed by atoms with Gasteiger partial charge in [0.05, 0.1) is 5.69 Å². The van der Waals surface area contributed by atoms with Crippen LogP contribution in [0, 0.1) is 5.82 Å². The summed E-state index contributed by atoms with van der Waals surface area (Å²) in [6.45, 7) is 0. The minimum Gasteiger partial charge on any atom is -0.353 e. The minimum atomic E-state index is -0.260. The third kappa shape index (κ3) is 2.87. The molecule has 0 spiro atoms. The number of nitrogens with zero attached hydrogens (tertiary/aromatic N) is 2. The van der Waals surface area contributed by atoms with Crippen LogP contribution in [-0.4, -0.2) is 15.6 Å². The van der Waals surface area contributed by atoms with Gasteiger partial charge in [-0.1, -0.05) is 35.2 Å². The first-order valence-corrected chi connectivity index (χ1v) is 7.78. The van der Waals surface area contributed by atoms with Gasteiger partial charge in [0.1, 0.15) is 5.82 Å². The van der Waals surface area contributed by atoms with Gasteiger partial charge >= 0.3 is 0 Å². The summed E-state index contributed by atoms with van der Waals surface area (Å²) in [5, 5.41) is 3.44. The van der Waals surface area contributed by atoms with Gasteiger partial charge in [0.25, 0.3) is 0 Å². The topological polar surface area (TPSA) is 29.9 Å². The highest BCUT2D eigenvalue weighted by Crippen LogP contribution is 2.24. The summed E-state index contributed by atoms with van der Waals surface area (Å²) in [5.74, 6) is 0.460. The maximum absolute atomic E-state index is 14.1. The second-order valence-electron chi connectivity index (χ2n) is 5.20. The van der Waals surface area contributed by atoms with Crippen LogP contribution in [0.1, 0.15) is 32.1 Å². The summed E-state index contributed by atoms with van der Waals surface area (Å²) in [4.78, 5) is 4.32. The highest BCUT2D eigenvalue weighted by molar-refractivity contribution is 9.10. The second-order valence-corrected chi connectivity index (χ2v) is 6.11. The van der Waals surface area contributed by atoms with Crippen molar-refractivity contribution in [1.82, 2.24) is 9.55 Å². The van der Waals surface area contributed by atoms with Gasteiger partial charge in [-0.3, -0.25) is 4.57 Å². The van der Waals surface area contributed by atoms with Gasteiger partial charge in [0.2, 0.25) is 5.95 Å². The Balaban J connectivity index is 1.85. The summed E-state index contributed by atoms with van der Waals surface area (Å²) in [6.07, 6.45) is 9.64. The Morgan fingerprint density at radius 3 is 2.80 bits per heavy atom. The molecule has 1 fully saturated rings. The number of benzene rings is 1. The van der Waals surface area contributed by atoms with Crippen LogP contribution in [0.3, 0.4) is 0 Å². The summed E-state index contributed by atoms with van der Waals surface area (Å²) in [6, 6.07) is 5.51. The highest BCUT2D eigenvalue weighted by Gasteiger charge is 2.16. The van der Waals surface area contributed by atoms with Crippen molar-refractivity contribution in [2.75, 3.05) is 5.32 Å². The van der Waals surface area contributed by atoms with Crippen molar-refractivity contribution in [2.24, 2.45) is 0 Å². The third-order valence-corrected chi connectivity index (χ3v) is 4.24. The van der Waals surface area contributed by atoms with E-state index in [4.69, 9.17) is 0 Å². The summed E-state index contributed by atoms with van der Waals surface area (Å²) >= 11 is 3.28. The van der Waals surface area contributed by atoms with Crippen molar-refractivity contribution < 1.29 is 4.39 Å². The van der Waals surface area contributed by atoms with E-state index in [0.29, 0.717) is 11.7 Å². The number of hydrogen-bond donors (Lipinski definition) is 1. The van der Waals surface area contributed by atoms with E-state index >= 15 is 0 Å². The molecule has 106 valence electrons. The highest BCUT2D eigenvalue weighted by atomic mass is 79.9. The van der Waals surface area contributed by atoms with Crippen molar-refractivity contribution in [3.8, 4) is 5.69 Å². The van der Waals surface area contributed by atoms with E-state index in [-0.39, 0.29) is 5.82 Å². The van der Waals surface area contributed by atoms with Gasteiger partial charge in [-0.2, -0.15) is 0 Å². The maximum Gasteiger partial charge on any atom is 0.207 e. The Kier molecular flexibility index (Phi) is 4.05. The second kappa shape index (κ2) is 5.95. The molecule has 1 aromatic heterocycles. The molecule has 0 aliphatic heterocycles. The smallest absolute Gasteiger partial charge is 0.207 e. The number of hydrogen-bond acceptors (Lipinski definition) is 2. The number of halogens is 2. The molecule has 1 aliphatic rings. The molecule has 0 unspecified atom stereocenters. The van der Waals surface area contributed by atoms with E-state index in [1.165, 1.54) is 25.3 Å². The van der Waals surface area contributed by atoms with E-state index in [1.54, 1.807) is 23.0 Å². The molecule has 3 rings (SSSR count). The Labute approximate surface area is 126 Å². The van der Waals surface area contributed by atoms with Crippen LogP contribution in [0.2, 0.25) is 0 Å². The quantitative estimate of drug-likeness (QED) is 0.892. The monoisotopic (exact) mass is 337 g/mol. The molecule has 0 radical (unpaired) electrons. The standard InChI is InChI=1S/C15H17BrFN3/c16-11-6-7-14(13(17)10-11)20-9-8-18-15(20)19-12-4-2-1-3-5-12/h6-10,12H,1-5H2,(H,18,19). The molecular formula is C15H17BrFN3. The van der Waals surface area contributed by atoms with Crippen molar-refractivity contribution in [3.05, 3.63) is 40.9 Å². The lowest BCUT2D eigenvalue weighted by molar-refractivity contribution is 0.460. The molecule has 1 aromatic carbocycles. The Hall–Kier alpha value is -1.36. The van der Waals surface area contributed by atoms with Crippen LogP contribution in [0.5, 0.6) is 0 Å². The van der Waals surface area contributed by atoms with Crippen molar-refractivity contribution in [3.63, 3.8) is 0 Å². The fraction of sp³-hybridized carbons (Fsp3) is 0.400. The number of rotatable bonds is 3. The Bertz CT molecular complexity index is 591. The third-order valence-electron chi connectivity index (χ3n) is 3.75. The van der Waals surface area contributed by atoms with Gasteiger partial charge in [-0.15, -0.1) is 0 Å². The number of aromatic nitrogens is 2. The molecule has 1 aliphatic carbocycles. The number of anilines is 1. The van der Waals surface area contributed by atoms with Crippen molar-refractivity contribution >= 4 is 21.9 Å². The molecular weight excluding hydrogens is 321 g/mol. The van der Waals surface area contributed by atoms with Crippen molar-refractivity contribution in [2.45, 2.75) is 38.1 Å². The molecule has 1 N–H and O–H groups in total. The summed E-state index contributed by atoms with van der Waals surface area (Å²) in [7, 11) is 0. The molecule has 20 heavy (non-hydrogen) atoms. The van der Waals surface area contributed by atoms with Crippen LogP contribution in [0.25, 0.3) is 5.69 Å². The first kappa shape index (κ1) is 13.6. The summed E-state index contributed by atoms with van der Waals surface area (Å²) in [5.41, 5.74) is 0.518. The predicted molar refractivity (Wildman–Crippen MR) is 81.7 cm³/mol. The molecule has 1 saturated carbocycles. The van der Waals surface area contributed by atoms with Gasteiger partial charge in [-0.05, 0) is 31.0 Å². The first-order valence-electron chi connectivity index (χ1n) is 6.99. The van der Waals surface area contributed by atoms with E-state index in [0.717, 1.165) is 23.3 Å².